The molecule has 3 aliphatic heterocycles. The summed E-state index contributed by atoms with van der Waals surface area (Å²) in [5, 5.41) is 12.8. The first-order chi connectivity index (χ1) is 26.0. The molecule has 1 aromatic carbocycles. The van der Waals surface area contributed by atoms with Gasteiger partial charge in [0.2, 0.25) is 11.9 Å². The van der Waals surface area contributed by atoms with Crippen molar-refractivity contribution in [3.8, 4) is 5.75 Å². The number of nitrogens with one attached hydrogen (secondary N) is 1. The Labute approximate surface area is 314 Å². The number of aliphatic carboxylic acids is 1. The third-order valence-corrected chi connectivity index (χ3v) is 14.0. The number of aromatic nitrogens is 4. The number of benzene rings is 1. The molecule has 18 heteroatoms. The van der Waals surface area contributed by atoms with Crippen LogP contribution in [0.25, 0.3) is 0 Å². The number of carbonyl (C=O) groups is 2. The van der Waals surface area contributed by atoms with Crippen molar-refractivity contribution in [3.63, 3.8) is 0 Å². The van der Waals surface area contributed by atoms with Gasteiger partial charge < -0.3 is 25.0 Å². The molecule has 13 nitrogen and oxygen atoms in total. The largest absolute Gasteiger partial charge is 0.490 e. The van der Waals surface area contributed by atoms with E-state index in [0.29, 0.717) is 61.7 Å². The lowest BCUT2D eigenvalue weighted by Gasteiger charge is -2.34. The second kappa shape index (κ2) is 13.5. The topological polar surface area (TPSA) is 168 Å². The third kappa shape index (κ3) is 6.94. The Morgan fingerprint density at radius 3 is 2.36 bits per heavy atom. The van der Waals surface area contributed by atoms with E-state index in [2.05, 4.69) is 25.3 Å². The van der Waals surface area contributed by atoms with Gasteiger partial charge in [-0.25, -0.2) is 37.5 Å². The predicted molar refractivity (Wildman–Crippen MR) is 190 cm³/mol. The highest BCUT2D eigenvalue weighted by molar-refractivity contribution is 7.91. The number of carboxylic acids is 1. The van der Waals surface area contributed by atoms with Crippen molar-refractivity contribution in [2.75, 3.05) is 40.9 Å². The molecule has 8 rings (SSSR count). The Bertz CT molecular complexity index is 2100. The minimum Gasteiger partial charge on any atom is -0.490 e. The van der Waals surface area contributed by atoms with E-state index in [1.54, 1.807) is 12.1 Å². The summed E-state index contributed by atoms with van der Waals surface area (Å²) in [7, 11) is -3.32. The average molecular weight is 788 g/mol. The second-order valence-corrected chi connectivity index (χ2v) is 18.2. The predicted octanol–water partition coefficient (Wildman–Crippen LogP) is 5.08. The molecule has 2 saturated carbocycles. The van der Waals surface area contributed by atoms with Crippen molar-refractivity contribution < 1.29 is 45.4 Å². The fraction of sp³-hybridized carbons (Fsp3) is 0.568. The van der Waals surface area contributed by atoms with E-state index >= 15 is 0 Å². The molecule has 294 valence electrons. The van der Waals surface area contributed by atoms with E-state index in [9.17, 15) is 40.7 Å². The molecule has 2 aliphatic carbocycles. The number of carboxylic acid groups (broad SMARTS) is 1. The van der Waals surface area contributed by atoms with Crippen LogP contribution in [0.4, 0.5) is 35.1 Å². The van der Waals surface area contributed by atoms with Gasteiger partial charge in [-0.05, 0) is 80.0 Å². The summed E-state index contributed by atoms with van der Waals surface area (Å²) in [5.41, 5.74) is -3.60. The van der Waals surface area contributed by atoms with Gasteiger partial charge in [0.25, 0.3) is 5.91 Å². The van der Waals surface area contributed by atoms with Gasteiger partial charge in [-0.15, -0.1) is 0 Å². The quantitative estimate of drug-likeness (QED) is 0.306. The number of rotatable bonds is 7. The summed E-state index contributed by atoms with van der Waals surface area (Å²) in [6.45, 7) is 3.25. The Hall–Kier alpha value is -4.61. The van der Waals surface area contributed by atoms with Crippen molar-refractivity contribution in [3.05, 3.63) is 59.4 Å². The number of piperidine rings is 1. The van der Waals surface area contributed by atoms with Crippen LogP contribution in [0.1, 0.15) is 79.9 Å². The average Bonchev–Trinajstić information content (AvgIpc) is 3.60. The van der Waals surface area contributed by atoms with E-state index in [1.807, 2.05) is 17.9 Å². The number of alkyl halides is 3. The molecule has 0 radical (unpaired) electrons. The van der Waals surface area contributed by atoms with E-state index in [1.165, 1.54) is 4.90 Å². The van der Waals surface area contributed by atoms with Crippen molar-refractivity contribution in [2.45, 2.75) is 81.5 Å². The van der Waals surface area contributed by atoms with Gasteiger partial charge in [-0.1, -0.05) is 6.92 Å². The lowest BCUT2D eigenvalue weighted by Crippen LogP contribution is -2.57. The van der Waals surface area contributed by atoms with E-state index < -0.39 is 61.8 Å². The number of anilines is 3. The molecule has 3 aromatic rings. The summed E-state index contributed by atoms with van der Waals surface area (Å²) in [6, 6.07) is 5.23. The Kier molecular flexibility index (Phi) is 9.19. The van der Waals surface area contributed by atoms with Crippen LogP contribution in [-0.4, -0.2) is 88.1 Å². The van der Waals surface area contributed by atoms with Crippen LogP contribution < -0.4 is 19.9 Å². The van der Waals surface area contributed by atoms with Crippen molar-refractivity contribution in [1.82, 2.24) is 25.3 Å². The van der Waals surface area contributed by atoms with Crippen LogP contribution in [0.2, 0.25) is 0 Å². The summed E-state index contributed by atoms with van der Waals surface area (Å²) < 4.78 is 89.0. The molecule has 1 spiro atoms. The minimum atomic E-state index is -5.09. The number of hydrogen-bond acceptors (Lipinski definition) is 11. The van der Waals surface area contributed by atoms with E-state index in [-0.39, 0.29) is 61.2 Å². The molecule has 1 amide bonds. The summed E-state index contributed by atoms with van der Waals surface area (Å²) in [6.07, 6.45) is 1.50. The molecular formula is C37H41F4N7O6S. The van der Waals surface area contributed by atoms with Crippen LogP contribution in [0, 0.1) is 23.6 Å². The fourth-order valence-corrected chi connectivity index (χ4v) is 11.3. The minimum absolute atomic E-state index is 0.0464. The maximum Gasteiger partial charge on any atom is 0.434 e. The third-order valence-electron chi connectivity index (χ3n) is 12.3. The van der Waals surface area contributed by atoms with Gasteiger partial charge >= 0.3 is 12.1 Å². The molecule has 2 N–H and O–H groups in total. The molecule has 5 heterocycles. The molecule has 4 fully saturated rings. The molecule has 2 aromatic heterocycles. The van der Waals surface area contributed by atoms with Crippen LogP contribution >= 0.6 is 0 Å². The summed E-state index contributed by atoms with van der Waals surface area (Å²) >= 11 is 0. The number of ether oxygens (including phenoxy) is 1. The van der Waals surface area contributed by atoms with Crippen LogP contribution in [0.15, 0.2) is 36.8 Å². The summed E-state index contributed by atoms with van der Waals surface area (Å²) in [5.74, 6) is -2.71. The molecule has 55 heavy (non-hydrogen) atoms. The number of hydrogen-bond donors (Lipinski definition) is 2. The number of nitrogens with zero attached hydrogens (tertiary/aromatic N) is 6. The maximum atomic E-state index is 14.7. The van der Waals surface area contributed by atoms with Crippen molar-refractivity contribution >= 4 is 39.3 Å². The number of carbonyl (C=O) groups excluding carboxylic acids is 1. The first-order valence-electron chi connectivity index (χ1n) is 18.6. The number of sulfone groups is 1. The van der Waals surface area contributed by atoms with Gasteiger partial charge in [0.15, 0.2) is 11.5 Å². The zero-order valence-electron chi connectivity index (χ0n) is 30.1. The molecule has 5 aliphatic rings. The van der Waals surface area contributed by atoms with E-state index in [0.717, 1.165) is 25.0 Å². The SMILES string of the molecule is CC1CC2CC(C1)C(NC(=O)c1cnc(N3CC4(CCS(=O)(=O)CC4)c4cc(OC5CCN(c6ncc(F)cn6)CC5)ccc43)nc1C(F)(F)F)(C(=O)O)C2. The number of halogens is 4. The van der Waals surface area contributed by atoms with Crippen LogP contribution in [0.5, 0.6) is 5.75 Å². The van der Waals surface area contributed by atoms with Gasteiger partial charge in [-0.2, -0.15) is 13.2 Å². The zero-order chi connectivity index (χ0) is 38.9. The lowest BCUT2D eigenvalue weighted by atomic mass is 9.77. The van der Waals surface area contributed by atoms with Gasteiger partial charge in [0.05, 0.1) is 29.5 Å². The molecule has 2 bridgehead atoms. The lowest BCUT2D eigenvalue weighted by molar-refractivity contribution is -0.146. The van der Waals surface area contributed by atoms with Crippen molar-refractivity contribution in [1.29, 1.82) is 0 Å². The monoisotopic (exact) mass is 787 g/mol. The first-order valence-corrected chi connectivity index (χ1v) is 20.4. The Balaban J connectivity index is 1.07. The standard InChI is InChI=1S/C37H41F4N7O6S/c1-21-12-22-14-23(13-21)36(16-22,32(50)51)46-31(49)27-19-44-34(45-30(27)37(39,40)41)48-20-35(6-10-55(52,53)11-7-35)28-15-26(2-3-29(28)48)54-25-4-8-47(9-5-25)33-42-17-24(38)18-43-33/h2-3,15,17-19,21-23,25H,4-14,16,20H2,1H3,(H,46,49)(H,50,51). The first kappa shape index (κ1) is 37.3. The highest BCUT2D eigenvalue weighted by Gasteiger charge is 2.57. The van der Waals surface area contributed by atoms with Crippen LogP contribution in [-0.2, 0) is 26.2 Å². The molecule has 4 unspecified atom stereocenters. The smallest absolute Gasteiger partial charge is 0.434 e. The molecular weight excluding hydrogens is 747 g/mol. The normalized spacial score (nSPS) is 27.2. The Morgan fingerprint density at radius 1 is 1.00 bits per heavy atom. The van der Waals surface area contributed by atoms with E-state index in [4.69, 9.17) is 4.74 Å². The number of fused-ring (bicyclic) bond motifs is 4. The van der Waals surface area contributed by atoms with Crippen molar-refractivity contribution in [2.24, 2.45) is 17.8 Å². The second-order valence-electron chi connectivity index (χ2n) is 15.9. The van der Waals surface area contributed by atoms with Crippen LogP contribution in [0.3, 0.4) is 0 Å². The van der Waals surface area contributed by atoms with Gasteiger partial charge in [-0.3, -0.25) is 4.79 Å². The molecule has 2 saturated heterocycles. The van der Waals surface area contributed by atoms with Gasteiger partial charge in [0, 0.05) is 49.8 Å². The summed E-state index contributed by atoms with van der Waals surface area (Å²) in [4.78, 5) is 46.0. The maximum absolute atomic E-state index is 14.7. The highest BCUT2D eigenvalue weighted by Crippen LogP contribution is 2.52. The Morgan fingerprint density at radius 2 is 1.69 bits per heavy atom. The van der Waals surface area contributed by atoms with Gasteiger partial charge in [0.1, 0.15) is 27.2 Å². The number of amides is 1. The molecule has 4 atom stereocenters. The highest BCUT2D eigenvalue weighted by atomic mass is 32.2. The zero-order valence-corrected chi connectivity index (χ0v) is 30.9. The fourth-order valence-electron chi connectivity index (χ4n) is 9.65.